The Labute approximate surface area is 138 Å². The first-order valence-corrected chi connectivity index (χ1v) is 7.88. The molecule has 1 saturated heterocycles. The molecule has 0 aromatic carbocycles. The smallest absolute Gasteiger partial charge is 0.333 e. The van der Waals surface area contributed by atoms with E-state index >= 15 is 0 Å². The van der Waals surface area contributed by atoms with Crippen LogP contribution < -0.4 is 0 Å². The third-order valence-corrected chi connectivity index (χ3v) is 3.39. The molecular formula is C16H29NO6. The Bertz CT molecular complexity index is 378. The number of imide groups is 1. The van der Waals surface area contributed by atoms with Gasteiger partial charge in [-0.15, -0.1) is 5.06 Å². The molecule has 0 atom stereocenters. The Morgan fingerprint density at radius 3 is 2.17 bits per heavy atom. The molecule has 7 nitrogen and oxygen atoms in total. The lowest BCUT2D eigenvalue weighted by Gasteiger charge is -2.21. The largest absolute Gasteiger partial charge is 0.385 e. The van der Waals surface area contributed by atoms with Crippen LogP contribution in [0.4, 0.5) is 0 Å². The number of methoxy groups -OCH3 is 2. The van der Waals surface area contributed by atoms with Crippen molar-refractivity contribution in [2.45, 2.75) is 64.9 Å². The maximum Gasteiger partial charge on any atom is 0.333 e. The first-order valence-electron chi connectivity index (χ1n) is 7.88. The fraction of sp³-hybridized carbons (Fsp3) is 0.812. The van der Waals surface area contributed by atoms with Crippen molar-refractivity contribution in [2.24, 2.45) is 0 Å². The van der Waals surface area contributed by atoms with Crippen LogP contribution in [0, 0.1) is 0 Å². The number of hydrogen-bond donors (Lipinski definition) is 0. The Hall–Kier alpha value is -1.47. The van der Waals surface area contributed by atoms with Gasteiger partial charge in [-0.05, 0) is 26.7 Å². The van der Waals surface area contributed by atoms with Crippen molar-refractivity contribution in [3.8, 4) is 0 Å². The lowest BCUT2D eigenvalue weighted by atomic mass is 10.1. The van der Waals surface area contributed by atoms with Crippen LogP contribution >= 0.6 is 0 Å². The zero-order valence-corrected chi connectivity index (χ0v) is 14.8. The molecule has 7 heteroatoms. The van der Waals surface area contributed by atoms with Crippen molar-refractivity contribution in [2.75, 3.05) is 20.8 Å². The zero-order chi connectivity index (χ0) is 17.9. The van der Waals surface area contributed by atoms with Gasteiger partial charge in [-0.25, -0.2) is 4.79 Å². The molecule has 1 aliphatic rings. The molecule has 1 heterocycles. The Kier molecular flexibility index (Phi) is 10.4. The van der Waals surface area contributed by atoms with Crippen LogP contribution in [-0.4, -0.2) is 49.3 Å². The van der Waals surface area contributed by atoms with Crippen molar-refractivity contribution in [3.63, 3.8) is 0 Å². The van der Waals surface area contributed by atoms with Crippen molar-refractivity contribution >= 4 is 17.8 Å². The second kappa shape index (κ2) is 11.1. The highest BCUT2D eigenvalue weighted by atomic mass is 16.7. The summed E-state index contributed by atoms with van der Waals surface area (Å²) < 4.78 is 10.1. The second-order valence-corrected chi connectivity index (χ2v) is 5.86. The highest BCUT2D eigenvalue weighted by Crippen LogP contribution is 2.13. The summed E-state index contributed by atoms with van der Waals surface area (Å²) in [5.41, 5.74) is -0.0317. The minimum Gasteiger partial charge on any atom is -0.385 e. The van der Waals surface area contributed by atoms with Gasteiger partial charge in [0.25, 0.3) is 11.8 Å². The summed E-state index contributed by atoms with van der Waals surface area (Å²) in [5, 5.41) is 0.581. The summed E-state index contributed by atoms with van der Waals surface area (Å²) >= 11 is 0. The molecule has 0 unspecified atom stereocenters. The summed E-state index contributed by atoms with van der Waals surface area (Å²) in [7, 11) is 3.42. The van der Waals surface area contributed by atoms with E-state index in [9.17, 15) is 14.4 Å². The Morgan fingerprint density at radius 2 is 1.74 bits per heavy atom. The first kappa shape index (κ1) is 21.5. The third kappa shape index (κ3) is 9.30. The van der Waals surface area contributed by atoms with E-state index in [1.807, 2.05) is 20.8 Å². The fourth-order valence-corrected chi connectivity index (χ4v) is 1.58. The maximum atomic E-state index is 11.1. The van der Waals surface area contributed by atoms with E-state index < -0.39 is 17.8 Å². The number of nitrogens with zero attached hydrogens (tertiary/aromatic N) is 1. The number of carbonyl (C=O) groups excluding carboxylic acids is 3. The second-order valence-electron chi connectivity index (χ2n) is 5.86. The van der Waals surface area contributed by atoms with Crippen LogP contribution in [0.25, 0.3) is 0 Å². The van der Waals surface area contributed by atoms with Crippen molar-refractivity contribution in [3.05, 3.63) is 0 Å². The van der Waals surface area contributed by atoms with Gasteiger partial charge in [0, 0.05) is 40.1 Å². The number of carbonyl (C=O) groups is 3. The van der Waals surface area contributed by atoms with Crippen molar-refractivity contribution in [1.29, 1.82) is 0 Å². The minimum atomic E-state index is -0.518. The van der Waals surface area contributed by atoms with E-state index in [0.29, 0.717) is 11.5 Å². The molecule has 2 amide bonds. The molecule has 0 aromatic rings. The highest BCUT2D eigenvalue weighted by Gasteiger charge is 2.32. The van der Waals surface area contributed by atoms with Crippen LogP contribution in [-0.2, 0) is 28.7 Å². The molecule has 0 aromatic heterocycles. The minimum absolute atomic E-state index is 0.0317. The van der Waals surface area contributed by atoms with Gasteiger partial charge in [0.15, 0.2) is 0 Å². The number of amides is 2. The molecule has 134 valence electrons. The molecule has 0 spiro atoms. The van der Waals surface area contributed by atoms with Gasteiger partial charge in [0.05, 0.1) is 5.60 Å². The van der Waals surface area contributed by atoms with Crippen LogP contribution in [0.2, 0.25) is 0 Å². The third-order valence-electron chi connectivity index (χ3n) is 3.39. The van der Waals surface area contributed by atoms with Crippen LogP contribution in [0.1, 0.15) is 59.3 Å². The van der Waals surface area contributed by atoms with E-state index in [1.54, 1.807) is 14.2 Å². The number of hydrogen-bond acceptors (Lipinski definition) is 6. The molecule has 0 radical (unpaired) electrons. The summed E-state index contributed by atoms with van der Waals surface area (Å²) in [6, 6.07) is 0. The Morgan fingerprint density at radius 1 is 1.17 bits per heavy atom. The van der Waals surface area contributed by atoms with Gasteiger partial charge in [-0.3, -0.25) is 9.59 Å². The fourth-order valence-electron chi connectivity index (χ4n) is 1.58. The van der Waals surface area contributed by atoms with Gasteiger partial charge in [-0.1, -0.05) is 13.3 Å². The molecule has 0 bridgehead atoms. The van der Waals surface area contributed by atoms with Crippen molar-refractivity contribution < 1.29 is 28.7 Å². The summed E-state index contributed by atoms with van der Waals surface area (Å²) in [6.07, 6.45) is 3.04. The van der Waals surface area contributed by atoms with E-state index in [1.165, 1.54) is 0 Å². The van der Waals surface area contributed by atoms with E-state index in [-0.39, 0.29) is 24.9 Å². The molecule has 1 fully saturated rings. The van der Waals surface area contributed by atoms with E-state index in [2.05, 4.69) is 4.84 Å². The van der Waals surface area contributed by atoms with Gasteiger partial charge < -0.3 is 14.3 Å². The topological polar surface area (TPSA) is 82.1 Å². The number of ether oxygens (including phenoxy) is 2. The standard InChI is InChI=1S/C9H13NO4.C7H16O2/c1-2-3-4-9(13)14-10-7(11)5-6-8(10)12;1-7(2,9-4)5-6-8-3/h2-6H2,1H3;5-6H2,1-4H3. The molecule has 0 aliphatic carbocycles. The maximum absolute atomic E-state index is 11.1. The quantitative estimate of drug-likeness (QED) is 0.634. The molecular weight excluding hydrogens is 302 g/mol. The molecule has 1 rings (SSSR count). The number of unbranched alkanes of at least 4 members (excludes halogenated alkanes) is 1. The monoisotopic (exact) mass is 331 g/mol. The lowest BCUT2D eigenvalue weighted by molar-refractivity contribution is -0.197. The number of rotatable bonds is 8. The lowest BCUT2D eigenvalue weighted by Crippen LogP contribution is -2.31. The highest BCUT2D eigenvalue weighted by molar-refractivity contribution is 6.01. The average Bonchev–Trinajstić information content (AvgIpc) is 2.83. The molecule has 0 saturated carbocycles. The molecule has 23 heavy (non-hydrogen) atoms. The molecule has 1 aliphatic heterocycles. The van der Waals surface area contributed by atoms with Crippen LogP contribution in [0.15, 0.2) is 0 Å². The van der Waals surface area contributed by atoms with Gasteiger partial charge in [-0.2, -0.15) is 0 Å². The predicted octanol–water partition coefficient (Wildman–Crippen LogP) is 2.23. The van der Waals surface area contributed by atoms with E-state index in [0.717, 1.165) is 19.4 Å². The Balaban J connectivity index is 0.000000468. The van der Waals surface area contributed by atoms with Gasteiger partial charge in [0.1, 0.15) is 0 Å². The van der Waals surface area contributed by atoms with Crippen LogP contribution in [0.5, 0.6) is 0 Å². The summed E-state index contributed by atoms with van der Waals surface area (Å²) in [4.78, 5) is 37.8. The van der Waals surface area contributed by atoms with Crippen LogP contribution in [0.3, 0.4) is 0 Å². The normalized spacial score (nSPS) is 14.6. The molecule has 0 N–H and O–H groups in total. The van der Waals surface area contributed by atoms with Gasteiger partial charge >= 0.3 is 5.97 Å². The first-order chi connectivity index (χ1) is 10.8. The van der Waals surface area contributed by atoms with Gasteiger partial charge in [0.2, 0.25) is 0 Å². The zero-order valence-electron chi connectivity index (χ0n) is 14.8. The predicted molar refractivity (Wildman–Crippen MR) is 84.3 cm³/mol. The number of hydroxylamine groups is 2. The summed E-state index contributed by atoms with van der Waals surface area (Å²) in [6.45, 7) is 6.80. The van der Waals surface area contributed by atoms with Crippen molar-refractivity contribution in [1.82, 2.24) is 5.06 Å². The summed E-state index contributed by atoms with van der Waals surface area (Å²) in [5.74, 6) is -1.38. The van der Waals surface area contributed by atoms with E-state index in [4.69, 9.17) is 9.47 Å². The average molecular weight is 331 g/mol. The SMILES string of the molecule is CCCCC(=O)ON1C(=O)CCC1=O.COCCC(C)(C)OC.